The van der Waals surface area contributed by atoms with Gasteiger partial charge in [0.05, 0.1) is 18.6 Å². The van der Waals surface area contributed by atoms with Gasteiger partial charge >= 0.3 is 11.9 Å². The zero-order chi connectivity index (χ0) is 18.4. The third kappa shape index (κ3) is 5.34. The highest BCUT2D eigenvalue weighted by Crippen LogP contribution is 2.34. The van der Waals surface area contributed by atoms with Crippen molar-refractivity contribution in [1.82, 2.24) is 5.32 Å². The Labute approximate surface area is 158 Å². The number of benzene rings is 1. The van der Waals surface area contributed by atoms with E-state index in [1.54, 1.807) is 13.8 Å². The van der Waals surface area contributed by atoms with Gasteiger partial charge in [0.25, 0.3) is 0 Å². The number of thioether (sulfide) groups is 1. The molecular formula is C17H19BrN2O4S. The summed E-state index contributed by atoms with van der Waals surface area (Å²) in [6.45, 7) is 3.84. The fraction of sp³-hybridized carbons (Fsp3) is 0.353. The van der Waals surface area contributed by atoms with E-state index >= 15 is 0 Å². The number of hydrogen-bond donors (Lipinski definition) is 2. The third-order valence-corrected chi connectivity index (χ3v) is 4.82. The molecule has 2 rings (SSSR count). The molecule has 1 unspecified atom stereocenters. The summed E-state index contributed by atoms with van der Waals surface area (Å²) in [4.78, 5) is 27.7. The molecule has 1 aliphatic heterocycles. The van der Waals surface area contributed by atoms with Gasteiger partial charge in [-0.1, -0.05) is 39.8 Å². The van der Waals surface area contributed by atoms with E-state index in [9.17, 15) is 9.59 Å². The van der Waals surface area contributed by atoms with E-state index in [0.29, 0.717) is 22.2 Å². The van der Waals surface area contributed by atoms with Crippen molar-refractivity contribution in [3.63, 3.8) is 0 Å². The maximum atomic E-state index is 12.4. The number of aliphatic carboxylic acids is 1. The number of nitrogens with zero attached hydrogens (tertiary/aromatic N) is 1. The molecule has 0 aromatic heterocycles. The minimum atomic E-state index is -0.855. The summed E-state index contributed by atoms with van der Waals surface area (Å²) in [5.74, 6) is -0.864. The predicted octanol–water partition coefficient (Wildman–Crippen LogP) is 3.49. The first kappa shape index (κ1) is 19.5. The number of aliphatic imine (C=N–C) groups is 1. The smallest absolute Gasteiger partial charge is 0.338 e. The fourth-order valence-electron chi connectivity index (χ4n) is 2.35. The van der Waals surface area contributed by atoms with E-state index in [2.05, 4.69) is 26.2 Å². The zero-order valence-electron chi connectivity index (χ0n) is 13.9. The van der Waals surface area contributed by atoms with Crippen LogP contribution in [0.25, 0.3) is 0 Å². The van der Waals surface area contributed by atoms with Crippen LogP contribution in [0.3, 0.4) is 0 Å². The summed E-state index contributed by atoms with van der Waals surface area (Å²) in [6.07, 6.45) is 0.0421. The first-order chi connectivity index (χ1) is 11.9. The van der Waals surface area contributed by atoms with Crippen molar-refractivity contribution < 1.29 is 19.4 Å². The Balaban J connectivity index is 2.33. The summed E-state index contributed by atoms with van der Waals surface area (Å²) in [6, 6.07) is 7.09. The molecule has 0 radical (unpaired) electrons. The highest BCUT2D eigenvalue weighted by Gasteiger charge is 2.30. The van der Waals surface area contributed by atoms with Crippen LogP contribution in [0, 0.1) is 0 Å². The highest BCUT2D eigenvalue weighted by molar-refractivity contribution is 9.10. The van der Waals surface area contributed by atoms with E-state index in [4.69, 9.17) is 9.84 Å². The summed E-state index contributed by atoms with van der Waals surface area (Å²) < 4.78 is 6.07. The van der Waals surface area contributed by atoms with Crippen molar-refractivity contribution in [2.24, 2.45) is 4.99 Å². The number of carboxylic acids is 1. The van der Waals surface area contributed by atoms with Crippen molar-refractivity contribution in [3.8, 4) is 0 Å². The molecule has 0 amide bonds. The van der Waals surface area contributed by atoms with Gasteiger partial charge in [-0.25, -0.2) is 9.79 Å². The molecule has 2 N–H and O–H groups in total. The number of rotatable bonds is 6. The second-order valence-corrected chi connectivity index (χ2v) is 7.27. The Morgan fingerprint density at radius 1 is 1.44 bits per heavy atom. The Bertz CT molecular complexity index is 733. The predicted molar refractivity (Wildman–Crippen MR) is 101 cm³/mol. The maximum absolute atomic E-state index is 12.4. The molecule has 1 heterocycles. The monoisotopic (exact) mass is 426 g/mol. The molecule has 25 heavy (non-hydrogen) atoms. The quantitative estimate of drug-likeness (QED) is 0.676. The lowest BCUT2D eigenvalue weighted by atomic mass is 9.97. The van der Waals surface area contributed by atoms with Crippen LogP contribution in [0.1, 0.15) is 31.9 Å². The molecule has 0 aliphatic carbocycles. The van der Waals surface area contributed by atoms with E-state index in [-0.39, 0.29) is 13.0 Å². The number of carbonyl (C=O) groups excluding carboxylic acids is 1. The number of carboxylic acid groups (broad SMARTS) is 1. The van der Waals surface area contributed by atoms with E-state index in [1.807, 2.05) is 24.3 Å². The molecule has 1 atom stereocenters. The summed E-state index contributed by atoms with van der Waals surface area (Å²) >= 11 is 4.76. The largest absolute Gasteiger partial charge is 0.481 e. The second-order valence-electron chi connectivity index (χ2n) is 5.27. The number of ether oxygens (including phenoxy) is 1. The van der Waals surface area contributed by atoms with E-state index < -0.39 is 18.0 Å². The summed E-state index contributed by atoms with van der Waals surface area (Å²) in [7, 11) is 0. The van der Waals surface area contributed by atoms with Gasteiger partial charge < -0.3 is 15.2 Å². The van der Waals surface area contributed by atoms with E-state index in [1.165, 1.54) is 11.8 Å². The highest BCUT2D eigenvalue weighted by atomic mass is 79.9. The van der Waals surface area contributed by atoms with Gasteiger partial charge in [-0.2, -0.15) is 0 Å². The average Bonchev–Trinajstić information content (AvgIpc) is 2.54. The van der Waals surface area contributed by atoms with Gasteiger partial charge in [0.1, 0.15) is 6.04 Å². The van der Waals surface area contributed by atoms with E-state index in [0.717, 1.165) is 10.0 Å². The van der Waals surface area contributed by atoms with Gasteiger partial charge in [0.15, 0.2) is 5.17 Å². The molecule has 0 saturated carbocycles. The lowest BCUT2D eigenvalue weighted by molar-refractivity contribution is -0.139. The van der Waals surface area contributed by atoms with Crippen molar-refractivity contribution in [1.29, 1.82) is 0 Å². The van der Waals surface area contributed by atoms with Gasteiger partial charge in [-0.15, -0.1) is 0 Å². The third-order valence-electron chi connectivity index (χ3n) is 3.43. The SMILES string of the molecule is CCOC(=O)C1=C(C)NC(SCCC(=O)O)=NC1c1cccc(Br)c1. The molecule has 1 aromatic carbocycles. The van der Waals surface area contributed by atoms with Gasteiger partial charge in [-0.3, -0.25) is 4.79 Å². The topological polar surface area (TPSA) is 88.0 Å². The number of hydrogen-bond acceptors (Lipinski definition) is 6. The Hall–Kier alpha value is -1.80. The van der Waals surface area contributed by atoms with Crippen molar-refractivity contribution in [3.05, 3.63) is 45.6 Å². The lowest BCUT2D eigenvalue weighted by Gasteiger charge is -2.25. The Kier molecular flexibility index (Phi) is 7.07. The van der Waals surface area contributed by atoms with Gasteiger partial charge in [0.2, 0.25) is 0 Å². The minimum absolute atomic E-state index is 0.0421. The van der Waals surface area contributed by atoms with Crippen molar-refractivity contribution >= 4 is 44.8 Å². The molecule has 0 fully saturated rings. The van der Waals surface area contributed by atoms with Crippen molar-refractivity contribution in [2.75, 3.05) is 12.4 Å². The lowest BCUT2D eigenvalue weighted by Crippen LogP contribution is -2.30. The van der Waals surface area contributed by atoms with Gasteiger partial charge in [0, 0.05) is 15.9 Å². The zero-order valence-corrected chi connectivity index (χ0v) is 16.3. The number of halogens is 1. The normalized spacial score (nSPS) is 16.9. The van der Waals surface area contributed by atoms with Crippen LogP contribution in [0.5, 0.6) is 0 Å². The number of carbonyl (C=O) groups is 2. The summed E-state index contributed by atoms with van der Waals surface area (Å²) in [5.41, 5.74) is 1.98. The maximum Gasteiger partial charge on any atom is 0.338 e. The minimum Gasteiger partial charge on any atom is -0.481 e. The molecule has 6 nitrogen and oxygen atoms in total. The molecule has 0 bridgehead atoms. The Morgan fingerprint density at radius 3 is 2.84 bits per heavy atom. The molecule has 1 aromatic rings. The van der Waals surface area contributed by atoms with Crippen LogP contribution in [0.15, 0.2) is 45.0 Å². The van der Waals surface area contributed by atoms with Crippen LogP contribution >= 0.6 is 27.7 Å². The molecule has 1 aliphatic rings. The van der Waals surface area contributed by atoms with Crippen molar-refractivity contribution in [2.45, 2.75) is 26.3 Å². The van der Waals surface area contributed by atoms with Crippen LogP contribution < -0.4 is 5.32 Å². The van der Waals surface area contributed by atoms with Crippen LogP contribution in [0.2, 0.25) is 0 Å². The second kappa shape index (κ2) is 9.05. The fourth-order valence-corrected chi connectivity index (χ4v) is 3.64. The molecular weight excluding hydrogens is 408 g/mol. The molecule has 0 saturated heterocycles. The molecule has 8 heteroatoms. The summed E-state index contributed by atoms with van der Waals surface area (Å²) in [5, 5.41) is 12.5. The number of nitrogens with one attached hydrogen (secondary N) is 1. The standard InChI is InChI=1S/C17H19BrN2O4S/c1-3-24-16(23)14-10(2)19-17(25-8-7-13(21)22)20-15(14)11-5-4-6-12(18)9-11/h4-6,9,15H,3,7-8H2,1-2H3,(H,19,20)(H,21,22). The van der Waals surface area contributed by atoms with Crippen LogP contribution in [-0.2, 0) is 14.3 Å². The average molecular weight is 427 g/mol. The van der Waals surface area contributed by atoms with Crippen LogP contribution in [0.4, 0.5) is 0 Å². The first-order valence-corrected chi connectivity index (χ1v) is 9.53. The number of allylic oxidation sites excluding steroid dienone is 1. The molecule has 0 spiro atoms. The number of esters is 1. The van der Waals surface area contributed by atoms with Crippen LogP contribution in [-0.4, -0.2) is 34.6 Å². The Morgan fingerprint density at radius 2 is 2.20 bits per heavy atom. The first-order valence-electron chi connectivity index (χ1n) is 7.75. The van der Waals surface area contributed by atoms with Gasteiger partial charge in [-0.05, 0) is 31.5 Å². The molecule has 134 valence electrons. The number of amidine groups is 1.